The van der Waals surface area contributed by atoms with E-state index in [1.54, 1.807) is 29.2 Å². The van der Waals surface area contributed by atoms with Gasteiger partial charge in [0.25, 0.3) is 5.69 Å². The summed E-state index contributed by atoms with van der Waals surface area (Å²) in [6.07, 6.45) is 1.35. The van der Waals surface area contributed by atoms with Gasteiger partial charge in [0.2, 0.25) is 5.91 Å². The fourth-order valence-corrected chi connectivity index (χ4v) is 2.69. The van der Waals surface area contributed by atoms with E-state index in [9.17, 15) is 24.5 Å². The minimum atomic E-state index is -0.900. The molecule has 3 rings (SSSR count). The lowest BCUT2D eigenvalue weighted by atomic mass is 10.2. The third-order valence-electron chi connectivity index (χ3n) is 4.05. The molecule has 0 atom stereocenters. The smallest absolute Gasteiger partial charge is 0.314 e. The molecule has 138 valence electrons. The molecule has 0 aromatic heterocycles. The number of benzene rings is 2. The average molecular weight is 368 g/mol. The molecule has 0 bridgehead atoms. The van der Waals surface area contributed by atoms with Gasteiger partial charge in [-0.1, -0.05) is 0 Å². The number of hydrogen-bond donors (Lipinski definition) is 2. The zero-order valence-electron chi connectivity index (χ0n) is 14.2. The summed E-state index contributed by atoms with van der Waals surface area (Å²) in [7, 11) is 0. The Kier molecular flexibility index (Phi) is 5.11. The Labute approximate surface area is 154 Å². The van der Waals surface area contributed by atoms with Gasteiger partial charge in [-0.15, -0.1) is 0 Å². The fraction of sp³-hybridized carbons (Fsp3) is 0.167. The number of nitro groups is 1. The Morgan fingerprint density at radius 1 is 0.926 bits per heavy atom. The standard InChI is InChI=1S/C18H16N4O5/c23-16-2-1-11-21(16)14-7-3-12(4-8-14)19-17(24)18(25)20-13-5-9-15(10-6-13)22(26)27/h3-10H,1-2,11H2,(H,19,24)(H,20,25). The van der Waals surface area contributed by atoms with Gasteiger partial charge in [0, 0.05) is 42.2 Å². The fourth-order valence-electron chi connectivity index (χ4n) is 2.69. The molecule has 0 aliphatic carbocycles. The number of carbonyl (C=O) groups is 3. The molecule has 1 aliphatic heterocycles. The molecule has 9 heteroatoms. The monoisotopic (exact) mass is 368 g/mol. The van der Waals surface area contributed by atoms with Crippen LogP contribution in [0, 0.1) is 10.1 Å². The lowest BCUT2D eigenvalue weighted by Crippen LogP contribution is -2.29. The van der Waals surface area contributed by atoms with E-state index in [1.165, 1.54) is 24.3 Å². The molecule has 3 amide bonds. The molecule has 2 aromatic carbocycles. The van der Waals surface area contributed by atoms with Gasteiger partial charge in [-0.3, -0.25) is 24.5 Å². The molecule has 1 saturated heterocycles. The number of rotatable bonds is 4. The van der Waals surface area contributed by atoms with E-state index < -0.39 is 16.7 Å². The van der Waals surface area contributed by atoms with Crippen molar-refractivity contribution in [2.75, 3.05) is 22.1 Å². The third-order valence-corrected chi connectivity index (χ3v) is 4.05. The highest BCUT2D eigenvalue weighted by atomic mass is 16.6. The van der Waals surface area contributed by atoms with Crippen LogP contribution in [-0.4, -0.2) is 29.2 Å². The van der Waals surface area contributed by atoms with Crippen molar-refractivity contribution in [2.24, 2.45) is 0 Å². The maximum atomic E-state index is 12.0. The Morgan fingerprint density at radius 2 is 1.44 bits per heavy atom. The van der Waals surface area contributed by atoms with Crippen LogP contribution >= 0.6 is 0 Å². The second-order valence-electron chi connectivity index (χ2n) is 5.91. The summed E-state index contributed by atoms with van der Waals surface area (Å²) in [6.45, 7) is 0.669. The summed E-state index contributed by atoms with van der Waals surface area (Å²) in [4.78, 5) is 47.4. The van der Waals surface area contributed by atoms with Crippen LogP contribution in [0.15, 0.2) is 48.5 Å². The van der Waals surface area contributed by atoms with E-state index >= 15 is 0 Å². The predicted molar refractivity (Wildman–Crippen MR) is 98.4 cm³/mol. The lowest BCUT2D eigenvalue weighted by molar-refractivity contribution is -0.384. The number of non-ortho nitro benzene ring substituents is 1. The first-order chi connectivity index (χ1) is 12.9. The second kappa shape index (κ2) is 7.65. The number of anilines is 3. The van der Waals surface area contributed by atoms with Crippen LogP contribution < -0.4 is 15.5 Å². The van der Waals surface area contributed by atoms with Gasteiger partial charge >= 0.3 is 11.8 Å². The van der Waals surface area contributed by atoms with Gasteiger partial charge in [-0.05, 0) is 42.8 Å². The molecule has 27 heavy (non-hydrogen) atoms. The molecule has 1 heterocycles. The Balaban J connectivity index is 1.58. The van der Waals surface area contributed by atoms with Crippen LogP contribution in [0.25, 0.3) is 0 Å². The topological polar surface area (TPSA) is 122 Å². The van der Waals surface area contributed by atoms with Crippen LogP contribution in [0.5, 0.6) is 0 Å². The quantitative estimate of drug-likeness (QED) is 0.487. The number of nitrogens with one attached hydrogen (secondary N) is 2. The van der Waals surface area contributed by atoms with E-state index in [-0.39, 0.29) is 17.3 Å². The Hall–Kier alpha value is -3.75. The van der Waals surface area contributed by atoms with Crippen molar-refractivity contribution in [3.8, 4) is 0 Å². The van der Waals surface area contributed by atoms with Gasteiger partial charge < -0.3 is 15.5 Å². The zero-order valence-corrected chi connectivity index (χ0v) is 14.2. The molecular formula is C18H16N4O5. The summed E-state index contributed by atoms with van der Waals surface area (Å²) in [5, 5.41) is 15.4. The molecule has 0 unspecified atom stereocenters. The van der Waals surface area contributed by atoms with E-state index in [0.29, 0.717) is 18.7 Å². The molecule has 2 aromatic rings. The number of carbonyl (C=O) groups excluding carboxylic acids is 3. The molecule has 2 N–H and O–H groups in total. The van der Waals surface area contributed by atoms with Gasteiger partial charge in [-0.2, -0.15) is 0 Å². The van der Waals surface area contributed by atoms with Crippen molar-refractivity contribution in [1.29, 1.82) is 0 Å². The predicted octanol–water partition coefficient (Wildman–Crippen LogP) is 2.30. The molecule has 1 aliphatic rings. The molecule has 1 fully saturated rings. The van der Waals surface area contributed by atoms with Crippen molar-refractivity contribution in [1.82, 2.24) is 0 Å². The van der Waals surface area contributed by atoms with Crippen LogP contribution in [0.4, 0.5) is 22.7 Å². The van der Waals surface area contributed by atoms with E-state index in [2.05, 4.69) is 10.6 Å². The van der Waals surface area contributed by atoms with Crippen LogP contribution in [-0.2, 0) is 14.4 Å². The summed E-state index contributed by atoms with van der Waals surface area (Å²) in [5.41, 5.74) is 1.30. The summed E-state index contributed by atoms with van der Waals surface area (Å²) >= 11 is 0. The van der Waals surface area contributed by atoms with Crippen molar-refractivity contribution in [3.05, 3.63) is 58.6 Å². The Morgan fingerprint density at radius 3 is 1.89 bits per heavy atom. The highest BCUT2D eigenvalue weighted by Crippen LogP contribution is 2.23. The highest BCUT2D eigenvalue weighted by molar-refractivity contribution is 6.43. The van der Waals surface area contributed by atoms with Crippen LogP contribution in [0.1, 0.15) is 12.8 Å². The van der Waals surface area contributed by atoms with E-state index in [0.717, 1.165) is 12.1 Å². The van der Waals surface area contributed by atoms with Crippen molar-refractivity contribution in [2.45, 2.75) is 12.8 Å². The third kappa shape index (κ3) is 4.27. The molecule has 0 saturated carbocycles. The first kappa shape index (κ1) is 18.1. The molecular weight excluding hydrogens is 352 g/mol. The number of nitrogens with zero attached hydrogens (tertiary/aromatic N) is 2. The van der Waals surface area contributed by atoms with Crippen molar-refractivity contribution < 1.29 is 19.3 Å². The largest absolute Gasteiger partial charge is 0.318 e. The van der Waals surface area contributed by atoms with Gasteiger partial charge in [0.15, 0.2) is 0 Å². The second-order valence-corrected chi connectivity index (χ2v) is 5.91. The SMILES string of the molecule is O=C(Nc1ccc(N2CCCC2=O)cc1)C(=O)Nc1ccc([N+](=O)[O-])cc1. The number of hydrogen-bond acceptors (Lipinski definition) is 5. The van der Waals surface area contributed by atoms with Crippen LogP contribution in [0.2, 0.25) is 0 Å². The minimum absolute atomic E-state index is 0.0641. The van der Waals surface area contributed by atoms with Gasteiger partial charge in [-0.25, -0.2) is 0 Å². The summed E-state index contributed by atoms with van der Waals surface area (Å²) in [5.74, 6) is -1.71. The maximum Gasteiger partial charge on any atom is 0.314 e. The van der Waals surface area contributed by atoms with Gasteiger partial charge in [0.05, 0.1) is 4.92 Å². The van der Waals surface area contributed by atoms with E-state index in [4.69, 9.17) is 0 Å². The Bertz CT molecular complexity index is 893. The lowest BCUT2D eigenvalue weighted by Gasteiger charge is -2.16. The van der Waals surface area contributed by atoms with Gasteiger partial charge in [0.1, 0.15) is 0 Å². The highest BCUT2D eigenvalue weighted by Gasteiger charge is 2.21. The van der Waals surface area contributed by atoms with E-state index in [1.807, 2.05) is 0 Å². The summed E-state index contributed by atoms with van der Waals surface area (Å²) in [6, 6.07) is 11.8. The van der Waals surface area contributed by atoms with Crippen LogP contribution in [0.3, 0.4) is 0 Å². The summed E-state index contributed by atoms with van der Waals surface area (Å²) < 4.78 is 0. The molecule has 0 radical (unpaired) electrons. The molecule has 9 nitrogen and oxygen atoms in total. The molecule has 0 spiro atoms. The first-order valence-electron chi connectivity index (χ1n) is 8.21. The number of amides is 3. The first-order valence-corrected chi connectivity index (χ1v) is 8.21. The average Bonchev–Trinajstić information content (AvgIpc) is 3.08. The normalized spacial score (nSPS) is 13.3. The number of nitro benzene ring substituents is 1. The van der Waals surface area contributed by atoms with Crippen molar-refractivity contribution in [3.63, 3.8) is 0 Å². The minimum Gasteiger partial charge on any atom is -0.318 e. The van der Waals surface area contributed by atoms with Crippen molar-refractivity contribution >= 4 is 40.5 Å². The maximum absolute atomic E-state index is 12.0. The zero-order chi connectivity index (χ0) is 19.4.